The molecule has 0 saturated heterocycles. The van der Waals surface area contributed by atoms with Crippen molar-refractivity contribution in [3.63, 3.8) is 0 Å². The minimum absolute atomic E-state index is 0.259. The molecule has 0 aliphatic heterocycles. The van der Waals surface area contributed by atoms with Crippen LogP contribution in [0.3, 0.4) is 0 Å². The predicted octanol–water partition coefficient (Wildman–Crippen LogP) is 2.26. The van der Waals surface area contributed by atoms with Gasteiger partial charge in [0, 0.05) is 12.1 Å². The zero-order valence-corrected chi connectivity index (χ0v) is 9.32. The van der Waals surface area contributed by atoms with Crippen LogP contribution in [-0.2, 0) is 4.79 Å². The molecule has 2 aliphatic carbocycles. The maximum absolute atomic E-state index is 10.9. The van der Waals surface area contributed by atoms with E-state index in [2.05, 4.69) is 4.90 Å². The second kappa shape index (κ2) is 4.97. The Morgan fingerprint density at radius 1 is 1.00 bits per heavy atom. The topological polar surface area (TPSA) is 40.5 Å². The smallest absolute Gasteiger partial charge is 0.317 e. The van der Waals surface area contributed by atoms with Gasteiger partial charge in [0.15, 0.2) is 0 Å². The van der Waals surface area contributed by atoms with Crippen molar-refractivity contribution in [3.05, 3.63) is 0 Å². The van der Waals surface area contributed by atoms with E-state index in [1.165, 1.54) is 51.4 Å². The van der Waals surface area contributed by atoms with E-state index in [9.17, 15) is 4.79 Å². The highest BCUT2D eigenvalue weighted by atomic mass is 16.4. The molecule has 0 amide bonds. The van der Waals surface area contributed by atoms with Crippen LogP contribution >= 0.6 is 0 Å². The van der Waals surface area contributed by atoms with Crippen LogP contribution in [0.5, 0.6) is 0 Å². The number of rotatable bonds is 4. The van der Waals surface area contributed by atoms with E-state index in [-0.39, 0.29) is 6.54 Å². The largest absolute Gasteiger partial charge is 0.480 e. The molecule has 15 heavy (non-hydrogen) atoms. The van der Waals surface area contributed by atoms with Crippen LogP contribution in [0.1, 0.15) is 51.4 Å². The van der Waals surface area contributed by atoms with E-state index >= 15 is 0 Å². The summed E-state index contributed by atoms with van der Waals surface area (Å²) in [5.41, 5.74) is 0. The number of nitrogens with zero attached hydrogens (tertiary/aromatic N) is 1. The van der Waals surface area contributed by atoms with Gasteiger partial charge >= 0.3 is 5.97 Å². The first kappa shape index (κ1) is 10.9. The summed E-state index contributed by atoms with van der Waals surface area (Å²) in [7, 11) is 0. The summed E-state index contributed by atoms with van der Waals surface area (Å²) < 4.78 is 0. The highest BCUT2D eigenvalue weighted by Gasteiger charge is 2.32. The van der Waals surface area contributed by atoms with Gasteiger partial charge in [0.2, 0.25) is 0 Å². The second-order valence-electron chi connectivity index (χ2n) is 4.94. The normalized spacial score (nSPS) is 24.1. The highest BCUT2D eigenvalue weighted by Crippen LogP contribution is 2.31. The number of aliphatic carboxylic acids is 1. The van der Waals surface area contributed by atoms with Gasteiger partial charge in [0.1, 0.15) is 0 Å². The summed E-state index contributed by atoms with van der Waals surface area (Å²) in [5, 5.41) is 8.94. The van der Waals surface area contributed by atoms with Crippen LogP contribution < -0.4 is 0 Å². The predicted molar refractivity (Wildman–Crippen MR) is 58.9 cm³/mol. The number of hydrogen-bond acceptors (Lipinski definition) is 2. The Kier molecular flexibility index (Phi) is 3.62. The van der Waals surface area contributed by atoms with Gasteiger partial charge in [-0.05, 0) is 25.7 Å². The molecule has 0 aromatic carbocycles. The van der Waals surface area contributed by atoms with Crippen molar-refractivity contribution in [1.82, 2.24) is 4.90 Å². The quantitative estimate of drug-likeness (QED) is 0.775. The molecule has 86 valence electrons. The third-order valence-corrected chi connectivity index (χ3v) is 3.91. The fraction of sp³-hybridized carbons (Fsp3) is 0.917. The molecule has 0 atom stereocenters. The van der Waals surface area contributed by atoms with Gasteiger partial charge in [0.25, 0.3) is 0 Å². The molecule has 0 unspecified atom stereocenters. The lowest BCUT2D eigenvalue weighted by Gasteiger charge is -2.43. The van der Waals surface area contributed by atoms with Crippen LogP contribution in [-0.4, -0.2) is 34.6 Å². The minimum atomic E-state index is -0.660. The average molecular weight is 211 g/mol. The number of hydrogen-bond donors (Lipinski definition) is 1. The zero-order valence-electron chi connectivity index (χ0n) is 9.32. The molecule has 2 rings (SSSR count). The van der Waals surface area contributed by atoms with Crippen LogP contribution in [0.15, 0.2) is 0 Å². The molecular weight excluding hydrogens is 190 g/mol. The number of carboxylic acid groups (broad SMARTS) is 1. The van der Waals surface area contributed by atoms with Gasteiger partial charge in [-0.3, -0.25) is 9.69 Å². The molecule has 0 radical (unpaired) electrons. The summed E-state index contributed by atoms with van der Waals surface area (Å²) in [6.45, 7) is 0.259. The molecule has 0 aromatic heterocycles. The molecular formula is C12H21NO2. The van der Waals surface area contributed by atoms with E-state index in [1.54, 1.807) is 0 Å². The number of carboxylic acids is 1. The van der Waals surface area contributed by atoms with E-state index in [4.69, 9.17) is 5.11 Å². The molecule has 1 N–H and O–H groups in total. The average Bonchev–Trinajstić information content (AvgIpc) is 2.15. The van der Waals surface area contributed by atoms with E-state index < -0.39 is 5.97 Å². The van der Waals surface area contributed by atoms with Gasteiger partial charge in [-0.2, -0.15) is 0 Å². The van der Waals surface area contributed by atoms with Crippen molar-refractivity contribution in [2.45, 2.75) is 63.5 Å². The van der Waals surface area contributed by atoms with Crippen molar-refractivity contribution in [3.8, 4) is 0 Å². The van der Waals surface area contributed by atoms with Crippen LogP contribution in [0, 0.1) is 0 Å². The lowest BCUT2D eigenvalue weighted by atomic mass is 9.86. The van der Waals surface area contributed by atoms with Gasteiger partial charge in [0.05, 0.1) is 6.54 Å². The Balaban J connectivity index is 1.92. The summed E-state index contributed by atoms with van der Waals surface area (Å²) in [6.07, 6.45) is 10.0. The van der Waals surface area contributed by atoms with Crippen molar-refractivity contribution in [2.24, 2.45) is 0 Å². The van der Waals surface area contributed by atoms with Crippen LogP contribution in [0.2, 0.25) is 0 Å². The van der Waals surface area contributed by atoms with Gasteiger partial charge in [-0.15, -0.1) is 0 Å². The lowest BCUT2D eigenvalue weighted by Crippen LogP contribution is -2.49. The first-order valence-corrected chi connectivity index (χ1v) is 6.25. The van der Waals surface area contributed by atoms with Crippen LogP contribution in [0.25, 0.3) is 0 Å². The monoisotopic (exact) mass is 211 g/mol. The van der Waals surface area contributed by atoms with Gasteiger partial charge in [-0.1, -0.05) is 25.7 Å². The summed E-state index contributed by atoms with van der Waals surface area (Å²) >= 11 is 0. The molecule has 2 aliphatic rings. The fourth-order valence-electron chi connectivity index (χ4n) is 2.84. The maximum atomic E-state index is 10.9. The van der Waals surface area contributed by atoms with Crippen molar-refractivity contribution in [2.75, 3.05) is 6.54 Å². The van der Waals surface area contributed by atoms with Crippen molar-refractivity contribution < 1.29 is 9.90 Å². The lowest BCUT2D eigenvalue weighted by molar-refractivity contribution is -0.140. The SMILES string of the molecule is O=C(O)CN(C1CCCCC1)C1CCC1. The molecule has 3 heteroatoms. The fourth-order valence-corrected chi connectivity index (χ4v) is 2.84. The first-order valence-electron chi connectivity index (χ1n) is 6.25. The second-order valence-corrected chi connectivity index (χ2v) is 4.94. The Labute approximate surface area is 91.5 Å². The summed E-state index contributed by atoms with van der Waals surface area (Å²) in [4.78, 5) is 13.1. The Bertz CT molecular complexity index is 220. The molecule has 2 saturated carbocycles. The Hall–Kier alpha value is -0.570. The van der Waals surface area contributed by atoms with Crippen molar-refractivity contribution >= 4 is 5.97 Å². The zero-order chi connectivity index (χ0) is 10.7. The van der Waals surface area contributed by atoms with Crippen LogP contribution in [0.4, 0.5) is 0 Å². The molecule has 2 fully saturated rings. The molecule has 0 bridgehead atoms. The molecule has 3 nitrogen and oxygen atoms in total. The maximum Gasteiger partial charge on any atom is 0.317 e. The third-order valence-electron chi connectivity index (χ3n) is 3.91. The van der Waals surface area contributed by atoms with E-state index in [0.29, 0.717) is 12.1 Å². The van der Waals surface area contributed by atoms with Gasteiger partial charge < -0.3 is 5.11 Å². The molecule has 0 heterocycles. The third kappa shape index (κ3) is 2.71. The number of carbonyl (C=O) groups is 1. The summed E-state index contributed by atoms with van der Waals surface area (Å²) in [5.74, 6) is -0.660. The standard InChI is InChI=1S/C12H21NO2/c14-12(15)9-13(11-7-4-8-11)10-5-2-1-3-6-10/h10-11H,1-9H2,(H,14,15). The summed E-state index contributed by atoms with van der Waals surface area (Å²) in [6, 6.07) is 1.13. The van der Waals surface area contributed by atoms with E-state index in [0.717, 1.165) is 0 Å². The van der Waals surface area contributed by atoms with Gasteiger partial charge in [-0.25, -0.2) is 0 Å². The highest BCUT2D eigenvalue weighted by molar-refractivity contribution is 5.69. The first-order chi connectivity index (χ1) is 7.27. The Morgan fingerprint density at radius 3 is 1.93 bits per heavy atom. The minimum Gasteiger partial charge on any atom is -0.480 e. The van der Waals surface area contributed by atoms with E-state index in [1.807, 2.05) is 0 Å². The van der Waals surface area contributed by atoms with Crippen molar-refractivity contribution in [1.29, 1.82) is 0 Å². The molecule has 0 spiro atoms. The molecule has 0 aromatic rings. The Morgan fingerprint density at radius 2 is 1.53 bits per heavy atom.